The summed E-state index contributed by atoms with van der Waals surface area (Å²) in [7, 11) is 1.25. The van der Waals surface area contributed by atoms with E-state index in [1.807, 2.05) is 0 Å². The Morgan fingerprint density at radius 3 is 2.44 bits per heavy atom. The van der Waals surface area contributed by atoms with E-state index in [-0.39, 0.29) is 28.6 Å². The van der Waals surface area contributed by atoms with Crippen molar-refractivity contribution in [2.45, 2.75) is 12.4 Å². The largest absolute Gasteiger partial charge is 0.493 e. The molecule has 6 nitrogen and oxygen atoms in total. The van der Waals surface area contributed by atoms with Gasteiger partial charge in [0.05, 0.1) is 24.6 Å². The van der Waals surface area contributed by atoms with Crippen LogP contribution in [0.15, 0.2) is 54.7 Å². The lowest BCUT2D eigenvalue weighted by atomic mass is 10.2. The van der Waals surface area contributed by atoms with Crippen LogP contribution < -0.4 is 14.8 Å². The summed E-state index contributed by atoms with van der Waals surface area (Å²) in [5.41, 5.74) is -0.984. The van der Waals surface area contributed by atoms with E-state index in [9.17, 15) is 31.1 Å². The first kappa shape index (κ1) is 23.0. The fraction of sp³-hybridized carbons (Fsp3) is 0.200. The number of alkyl halides is 6. The summed E-state index contributed by atoms with van der Waals surface area (Å²) in [5.74, 6) is -0.938. The van der Waals surface area contributed by atoms with Gasteiger partial charge in [0.15, 0.2) is 18.1 Å². The molecule has 12 heteroatoms. The molecular formula is C20H15F6N3O3. The third-order valence-corrected chi connectivity index (χ3v) is 4.05. The summed E-state index contributed by atoms with van der Waals surface area (Å²) >= 11 is 0. The lowest BCUT2D eigenvalue weighted by Crippen LogP contribution is -2.19. The molecule has 3 aromatic rings. The predicted octanol–water partition coefficient (Wildman–Crippen LogP) is 5.09. The monoisotopic (exact) mass is 459 g/mol. The van der Waals surface area contributed by atoms with Crippen molar-refractivity contribution < 1.29 is 40.6 Å². The molecule has 0 unspecified atom stereocenters. The minimum absolute atomic E-state index is 0.0237. The summed E-state index contributed by atoms with van der Waals surface area (Å²) in [4.78, 5) is 12.6. The Morgan fingerprint density at radius 1 is 1.06 bits per heavy atom. The number of hydrogen-bond acceptors (Lipinski definition) is 4. The first-order valence-corrected chi connectivity index (χ1v) is 8.88. The number of aromatic nitrogens is 2. The van der Waals surface area contributed by atoms with Crippen LogP contribution in [-0.4, -0.2) is 35.6 Å². The molecule has 1 amide bonds. The molecule has 2 aromatic carbocycles. The first-order chi connectivity index (χ1) is 15.0. The van der Waals surface area contributed by atoms with Crippen molar-refractivity contribution in [3.05, 3.63) is 66.0 Å². The van der Waals surface area contributed by atoms with Gasteiger partial charge in [0.25, 0.3) is 5.91 Å². The van der Waals surface area contributed by atoms with Gasteiger partial charge in [-0.05, 0) is 30.3 Å². The molecule has 0 spiro atoms. The Morgan fingerprint density at radius 2 is 1.78 bits per heavy atom. The molecule has 0 atom stereocenters. The Hall–Kier alpha value is -3.70. The zero-order chi connectivity index (χ0) is 23.5. The van der Waals surface area contributed by atoms with Gasteiger partial charge in [-0.2, -0.15) is 31.4 Å². The van der Waals surface area contributed by atoms with E-state index in [1.165, 1.54) is 49.7 Å². The minimum atomic E-state index is -4.56. The number of rotatable bonds is 6. The van der Waals surface area contributed by atoms with Crippen LogP contribution in [0.4, 0.5) is 32.0 Å². The maximum atomic E-state index is 13.0. The Labute approximate surface area is 177 Å². The Kier molecular flexibility index (Phi) is 6.32. The van der Waals surface area contributed by atoms with Crippen molar-refractivity contribution >= 4 is 11.6 Å². The quantitative estimate of drug-likeness (QED) is 0.522. The van der Waals surface area contributed by atoms with Crippen LogP contribution in [0.25, 0.3) is 5.69 Å². The normalized spacial score (nSPS) is 11.8. The lowest BCUT2D eigenvalue weighted by Gasteiger charge is -2.10. The predicted molar refractivity (Wildman–Crippen MR) is 101 cm³/mol. The molecule has 1 aromatic heterocycles. The van der Waals surface area contributed by atoms with Crippen molar-refractivity contribution in [1.82, 2.24) is 9.78 Å². The molecule has 170 valence electrons. The van der Waals surface area contributed by atoms with Gasteiger partial charge in [-0.1, -0.05) is 12.1 Å². The first-order valence-electron chi connectivity index (χ1n) is 8.88. The van der Waals surface area contributed by atoms with Crippen LogP contribution in [0.3, 0.4) is 0 Å². The molecule has 32 heavy (non-hydrogen) atoms. The van der Waals surface area contributed by atoms with Crippen LogP contribution in [0.1, 0.15) is 16.1 Å². The zero-order valence-electron chi connectivity index (χ0n) is 16.3. The van der Waals surface area contributed by atoms with Gasteiger partial charge in [-0.3, -0.25) is 4.79 Å². The third-order valence-electron chi connectivity index (χ3n) is 4.05. The van der Waals surface area contributed by atoms with E-state index in [2.05, 4.69) is 15.2 Å². The molecule has 1 N–H and O–H groups in total. The molecule has 1 heterocycles. The second kappa shape index (κ2) is 8.81. The average Bonchev–Trinajstić information content (AvgIpc) is 3.16. The standard InChI is InChI=1S/C20H15F6N3O3/c1-31-16-10-29(14-6-2-4-12(8-14)20(24,25)26)28-17(16)18(30)27-13-5-3-7-15(9-13)32-11-19(21,22)23/h2-10H,11H2,1H3,(H,27,30). The number of carbonyl (C=O) groups is 1. The molecule has 0 radical (unpaired) electrons. The van der Waals surface area contributed by atoms with Gasteiger partial charge in [0.2, 0.25) is 0 Å². The summed E-state index contributed by atoms with van der Waals surface area (Å²) in [6.07, 6.45) is -7.86. The number of nitrogens with one attached hydrogen (secondary N) is 1. The molecular weight excluding hydrogens is 444 g/mol. The Bertz CT molecular complexity index is 1110. The SMILES string of the molecule is COc1cn(-c2cccc(C(F)(F)F)c2)nc1C(=O)Nc1cccc(OCC(F)(F)F)c1. The van der Waals surface area contributed by atoms with Gasteiger partial charge in [-0.25, -0.2) is 4.68 Å². The summed E-state index contributed by atoms with van der Waals surface area (Å²) < 4.78 is 86.6. The van der Waals surface area contributed by atoms with Crippen molar-refractivity contribution in [2.24, 2.45) is 0 Å². The smallest absolute Gasteiger partial charge is 0.422 e. The van der Waals surface area contributed by atoms with Crippen molar-refractivity contribution in [3.63, 3.8) is 0 Å². The number of carbonyl (C=O) groups excluding carboxylic acids is 1. The van der Waals surface area contributed by atoms with E-state index in [4.69, 9.17) is 4.74 Å². The molecule has 0 aliphatic carbocycles. The van der Waals surface area contributed by atoms with Gasteiger partial charge in [0, 0.05) is 11.8 Å². The Balaban J connectivity index is 1.82. The zero-order valence-corrected chi connectivity index (χ0v) is 16.3. The molecule has 0 bridgehead atoms. The van der Waals surface area contributed by atoms with Crippen molar-refractivity contribution in [2.75, 3.05) is 19.0 Å². The molecule has 3 rings (SSSR count). The van der Waals surface area contributed by atoms with Gasteiger partial charge in [0.1, 0.15) is 5.75 Å². The second-order valence-electron chi connectivity index (χ2n) is 6.42. The van der Waals surface area contributed by atoms with Crippen LogP contribution in [-0.2, 0) is 6.18 Å². The maximum Gasteiger partial charge on any atom is 0.422 e. The van der Waals surface area contributed by atoms with Crippen molar-refractivity contribution in [3.8, 4) is 17.2 Å². The number of halogens is 6. The van der Waals surface area contributed by atoms with E-state index >= 15 is 0 Å². The summed E-state index contributed by atoms with van der Waals surface area (Å²) in [6.45, 7) is -1.50. The molecule has 0 aliphatic rings. The van der Waals surface area contributed by atoms with Crippen LogP contribution in [0, 0.1) is 0 Å². The molecule has 0 fully saturated rings. The third kappa shape index (κ3) is 5.71. The fourth-order valence-electron chi connectivity index (χ4n) is 2.64. The highest BCUT2D eigenvalue weighted by Crippen LogP contribution is 2.31. The molecule has 0 aliphatic heterocycles. The summed E-state index contributed by atoms with van der Waals surface area (Å²) in [6, 6.07) is 9.56. The number of benzene rings is 2. The van der Waals surface area contributed by atoms with Crippen LogP contribution in [0.5, 0.6) is 11.5 Å². The molecule has 0 saturated carbocycles. The highest BCUT2D eigenvalue weighted by molar-refractivity contribution is 6.04. The van der Waals surface area contributed by atoms with Crippen LogP contribution >= 0.6 is 0 Å². The number of methoxy groups -OCH3 is 1. The number of amides is 1. The number of anilines is 1. The van der Waals surface area contributed by atoms with Gasteiger partial charge >= 0.3 is 12.4 Å². The van der Waals surface area contributed by atoms with E-state index < -0.39 is 30.4 Å². The maximum absolute atomic E-state index is 13.0. The second-order valence-corrected chi connectivity index (χ2v) is 6.42. The van der Waals surface area contributed by atoms with E-state index in [0.29, 0.717) is 0 Å². The lowest BCUT2D eigenvalue weighted by molar-refractivity contribution is -0.153. The van der Waals surface area contributed by atoms with E-state index in [1.54, 1.807) is 0 Å². The minimum Gasteiger partial charge on any atom is -0.493 e. The number of ether oxygens (including phenoxy) is 2. The highest BCUT2D eigenvalue weighted by atomic mass is 19.4. The van der Waals surface area contributed by atoms with Crippen molar-refractivity contribution in [1.29, 1.82) is 0 Å². The van der Waals surface area contributed by atoms with Gasteiger partial charge < -0.3 is 14.8 Å². The summed E-state index contributed by atoms with van der Waals surface area (Å²) in [5, 5.41) is 6.43. The number of hydrogen-bond donors (Lipinski definition) is 1. The topological polar surface area (TPSA) is 65.4 Å². The van der Waals surface area contributed by atoms with E-state index in [0.717, 1.165) is 16.8 Å². The number of nitrogens with zero attached hydrogens (tertiary/aromatic N) is 2. The average molecular weight is 459 g/mol. The highest BCUT2D eigenvalue weighted by Gasteiger charge is 2.31. The molecule has 0 saturated heterocycles. The van der Waals surface area contributed by atoms with Gasteiger partial charge in [-0.15, -0.1) is 0 Å². The van der Waals surface area contributed by atoms with Crippen LogP contribution in [0.2, 0.25) is 0 Å². The fourth-order valence-corrected chi connectivity index (χ4v) is 2.64.